The molecule has 1 rings (SSSR count). The topological polar surface area (TPSA) is 70.5 Å². The molecule has 2 N–H and O–H groups in total. The van der Waals surface area contributed by atoms with Crippen LogP contribution in [0.5, 0.6) is 0 Å². The first-order valence-electron chi connectivity index (χ1n) is 6.99. The average Bonchev–Trinajstić information content (AvgIpc) is 2.35. The van der Waals surface area contributed by atoms with E-state index in [9.17, 15) is 5.11 Å². The molecule has 0 saturated heterocycles. The molecule has 0 aromatic carbocycles. The number of hydrogen-bond acceptors (Lipinski definition) is 6. The first-order chi connectivity index (χ1) is 9.55. The predicted molar refractivity (Wildman–Crippen MR) is 79.8 cm³/mol. The Morgan fingerprint density at radius 3 is 2.85 bits per heavy atom. The van der Waals surface area contributed by atoms with Gasteiger partial charge in [0, 0.05) is 32.0 Å². The molecule has 1 aromatic rings. The fourth-order valence-corrected chi connectivity index (χ4v) is 1.96. The van der Waals surface area contributed by atoms with Gasteiger partial charge in [-0.2, -0.15) is 0 Å². The highest BCUT2D eigenvalue weighted by Gasteiger charge is 2.10. The van der Waals surface area contributed by atoms with Crippen molar-refractivity contribution in [2.75, 3.05) is 39.2 Å². The van der Waals surface area contributed by atoms with E-state index in [0.717, 1.165) is 30.3 Å². The van der Waals surface area contributed by atoms with E-state index in [1.54, 1.807) is 7.11 Å². The van der Waals surface area contributed by atoms with Gasteiger partial charge in [0.15, 0.2) is 0 Å². The van der Waals surface area contributed by atoms with Crippen LogP contribution in [0.25, 0.3) is 0 Å². The van der Waals surface area contributed by atoms with Crippen LogP contribution in [0, 0.1) is 6.92 Å². The Morgan fingerprint density at radius 2 is 2.20 bits per heavy atom. The Labute approximate surface area is 121 Å². The lowest BCUT2D eigenvalue weighted by atomic mass is 10.3. The fourth-order valence-electron chi connectivity index (χ4n) is 1.96. The Hall–Kier alpha value is -1.24. The molecule has 6 nitrogen and oxygen atoms in total. The van der Waals surface area contributed by atoms with Crippen LogP contribution < -0.4 is 5.32 Å². The lowest BCUT2D eigenvalue weighted by molar-refractivity contribution is 0.0414. The zero-order valence-electron chi connectivity index (χ0n) is 12.9. The van der Waals surface area contributed by atoms with E-state index in [-0.39, 0.29) is 0 Å². The van der Waals surface area contributed by atoms with Crippen molar-refractivity contribution < 1.29 is 9.84 Å². The minimum atomic E-state index is -0.493. The van der Waals surface area contributed by atoms with Crippen molar-refractivity contribution in [2.24, 2.45) is 0 Å². The average molecular weight is 282 g/mol. The second-order valence-corrected chi connectivity index (χ2v) is 5.04. The highest BCUT2D eigenvalue weighted by atomic mass is 16.5. The van der Waals surface area contributed by atoms with E-state index < -0.39 is 6.10 Å². The van der Waals surface area contributed by atoms with Crippen molar-refractivity contribution in [2.45, 2.75) is 32.9 Å². The van der Waals surface area contributed by atoms with Crippen molar-refractivity contribution >= 4 is 5.82 Å². The van der Waals surface area contributed by atoms with Crippen molar-refractivity contribution in [1.82, 2.24) is 14.9 Å². The Bertz CT molecular complexity index is 401. The normalized spacial score (nSPS) is 12.7. The minimum absolute atomic E-state index is 0.336. The maximum atomic E-state index is 9.70. The van der Waals surface area contributed by atoms with E-state index in [4.69, 9.17) is 4.74 Å². The molecule has 114 valence electrons. The quantitative estimate of drug-likeness (QED) is 0.705. The van der Waals surface area contributed by atoms with Crippen LogP contribution in [0.4, 0.5) is 5.82 Å². The molecule has 6 heteroatoms. The lowest BCUT2D eigenvalue weighted by Gasteiger charge is -2.19. The maximum absolute atomic E-state index is 9.70. The SMILES string of the molecule is CCCNc1cc(C)nc(CN(C)CC(O)COC)n1. The Kier molecular flexibility index (Phi) is 7.43. The zero-order chi connectivity index (χ0) is 15.0. The predicted octanol–water partition coefficient (Wildman–Crippen LogP) is 1.05. The summed E-state index contributed by atoms with van der Waals surface area (Å²) < 4.78 is 4.92. The summed E-state index contributed by atoms with van der Waals surface area (Å²) in [5.74, 6) is 1.62. The van der Waals surface area contributed by atoms with Gasteiger partial charge in [0.25, 0.3) is 0 Å². The minimum Gasteiger partial charge on any atom is -0.389 e. The van der Waals surface area contributed by atoms with Crippen LogP contribution >= 0.6 is 0 Å². The number of aliphatic hydroxyl groups excluding tert-OH is 1. The third-order valence-corrected chi connectivity index (χ3v) is 2.75. The van der Waals surface area contributed by atoms with Gasteiger partial charge >= 0.3 is 0 Å². The van der Waals surface area contributed by atoms with Crippen molar-refractivity contribution in [3.63, 3.8) is 0 Å². The number of likely N-dealkylation sites (N-methyl/N-ethyl adjacent to an activating group) is 1. The molecule has 1 atom stereocenters. The molecule has 0 amide bonds. The summed E-state index contributed by atoms with van der Waals surface area (Å²) in [5.41, 5.74) is 0.944. The molecule has 0 fully saturated rings. The molecular formula is C14H26N4O2. The third kappa shape index (κ3) is 6.27. The van der Waals surface area contributed by atoms with Crippen LogP contribution in [0.15, 0.2) is 6.07 Å². The molecule has 0 saturated carbocycles. The largest absolute Gasteiger partial charge is 0.389 e. The smallest absolute Gasteiger partial charge is 0.144 e. The van der Waals surface area contributed by atoms with Crippen LogP contribution in [0.2, 0.25) is 0 Å². The molecule has 1 aromatic heterocycles. The van der Waals surface area contributed by atoms with Gasteiger partial charge in [-0.25, -0.2) is 9.97 Å². The van der Waals surface area contributed by atoms with E-state index in [1.165, 1.54) is 0 Å². The standard InChI is InChI=1S/C14H26N4O2/c1-5-6-15-13-7-11(2)16-14(17-13)9-18(3)8-12(19)10-20-4/h7,12,19H,5-6,8-10H2,1-4H3,(H,15,16,17). The number of rotatable bonds is 9. The summed E-state index contributed by atoms with van der Waals surface area (Å²) in [5, 5.41) is 13.0. The van der Waals surface area contributed by atoms with Gasteiger partial charge in [-0.1, -0.05) is 6.92 Å². The van der Waals surface area contributed by atoms with Crippen LogP contribution in [-0.4, -0.2) is 59.9 Å². The molecule has 0 aliphatic rings. The van der Waals surface area contributed by atoms with Crippen molar-refractivity contribution in [3.05, 3.63) is 17.6 Å². The Morgan fingerprint density at radius 1 is 1.45 bits per heavy atom. The number of anilines is 1. The molecule has 0 spiro atoms. The van der Waals surface area contributed by atoms with Crippen LogP contribution in [0.1, 0.15) is 24.9 Å². The summed E-state index contributed by atoms with van der Waals surface area (Å²) >= 11 is 0. The summed E-state index contributed by atoms with van der Waals surface area (Å²) in [6.45, 7) is 6.45. The first kappa shape index (κ1) is 16.8. The summed E-state index contributed by atoms with van der Waals surface area (Å²) in [4.78, 5) is 10.9. The van der Waals surface area contributed by atoms with E-state index in [0.29, 0.717) is 19.7 Å². The van der Waals surface area contributed by atoms with Gasteiger partial charge in [-0.3, -0.25) is 4.90 Å². The van der Waals surface area contributed by atoms with Crippen molar-refractivity contribution in [3.8, 4) is 0 Å². The second kappa shape index (κ2) is 8.84. The zero-order valence-corrected chi connectivity index (χ0v) is 12.9. The van der Waals surface area contributed by atoms with Crippen molar-refractivity contribution in [1.29, 1.82) is 0 Å². The summed E-state index contributed by atoms with van der Waals surface area (Å²) in [6, 6.07) is 1.94. The molecule has 1 heterocycles. The monoisotopic (exact) mass is 282 g/mol. The van der Waals surface area contributed by atoms with Gasteiger partial charge in [0.05, 0.1) is 19.3 Å². The number of nitrogens with one attached hydrogen (secondary N) is 1. The molecule has 0 bridgehead atoms. The van der Waals surface area contributed by atoms with Gasteiger partial charge in [-0.15, -0.1) is 0 Å². The number of aromatic nitrogens is 2. The first-order valence-corrected chi connectivity index (χ1v) is 6.99. The van der Waals surface area contributed by atoms with Crippen LogP contribution in [0.3, 0.4) is 0 Å². The number of methoxy groups -OCH3 is 1. The fraction of sp³-hybridized carbons (Fsp3) is 0.714. The molecule has 1 unspecified atom stereocenters. The van der Waals surface area contributed by atoms with E-state index >= 15 is 0 Å². The van der Waals surface area contributed by atoms with Gasteiger partial charge in [0.2, 0.25) is 0 Å². The van der Waals surface area contributed by atoms with E-state index in [1.807, 2.05) is 24.9 Å². The molecule has 0 radical (unpaired) electrons. The highest BCUT2D eigenvalue weighted by Crippen LogP contribution is 2.08. The number of nitrogens with zero attached hydrogens (tertiary/aromatic N) is 3. The number of aryl methyl sites for hydroxylation is 1. The molecule has 20 heavy (non-hydrogen) atoms. The second-order valence-electron chi connectivity index (χ2n) is 5.04. The third-order valence-electron chi connectivity index (χ3n) is 2.75. The summed E-state index contributed by atoms with van der Waals surface area (Å²) in [6.07, 6.45) is 0.564. The number of aliphatic hydroxyl groups is 1. The number of ether oxygens (including phenoxy) is 1. The maximum Gasteiger partial charge on any atom is 0.144 e. The van der Waals surface area contributed by atoms with Gasteiger partial charge in [-0.05, 0) is 20.4 Å². The van der Waals surface area contributed by atoms with Crippen LogP contribution in [-0.2, 0) is 11.3 Å². The molecular weight excluding hydrogens is 256 g/mol. The highest BCUT2D eigenvalue weighted by molar-refractivity contribution is 5.35. The lowest BCUT2D eigenvalue weighted by Crippen LogP contribution is -2.32. The molecule has 0 aliphatic carbocycles. The number of hydrogen-bond donors (Lipinski definition) is 2. The molecule has 0 aliphatic heterocycles. The summed E-state index contributed by atoms with van der Waals surface area (Å²) in [7, 11) is 3.52. The van der Waals surface area contributed by atoms with Gasteiger partial charge < -0.3 is 15.2 Å². The van der Waals surface area contributed by atoms with Gasteiger partial charge in [0.1, 0.15) is 11.6 Å². The van der Waals surface area contributed by atoms with E-state index in [2.05, 4.69) is 22.2 Å². The Balaban J connectivity index is 2.59.